The van der Waals surface area contributed by atoms with Crippen LogP contribution in [0.3, 0.4) is 0 Å². The normalized spacial score (nSPS) is 11.1. The van der Waals surface area contributed by atoms with Gasteiger partial charge in [0.05, 0.1) is 14.2 Å². The molecular weight excluding hydrogens is 486 g/mol. The van der Waals surface area contributed by atoms with E-state index in [2.05, 4.69) is 20.6 Å². The summed E-state index contributed by atoms with van der Waals surface area (Å²) in [7, 11) is 4.98. The Morgan fingerprint density at radius 1 is 1.07 bits per heavy atom. The summed E-state index contributed by atoms with van der Waals surface area (Å²) >= 11 is 0. The van der Waals surface area contributed by atoms with E-state index in [-0.39, 0.29) is 29.8 Å². The van der Waals surface area contributed by atoms with Crippen molar-refractivity contribution in [3.8, 4) is 11.5 Å². The van der Waals surface area contributed by atoms with E-state index in [1.165, 1.54) is 6.07 Å². The number of H-pyrrole nitrogens is 1. The number of methoxy groups -OCH3 is 2. The number of aromatic amines is 1. The van der Waals surface area contributed by atoms with Crippen LogP contribution in [0.15, 0.2) is 47.6 Å². The molecule has 0 saturated carbocycles. The Balaban J connectivity index is 0.00000300. The minimum Gasteiger partial charge on any atom is -0.497 e. The molecule has 1 aromatic heterocycles. The average molecular weight is 512 g/mol. The molecule has 156 valence electrons. The van der Waals surface area contributed by atoms with Crippen LogP contribution in [0.25, 0.3) is 10.9 Å². The minimum atomic E-state index is -0.229. The Labute approximate surface area is 186 Å². The second-order valence-corrected chi connectivity index (χ2v) is 6.28. The summed E-state index contributed by atoms with van der Waals surface area (Å²) in [5.74, 6) is 1.96. The number of nitrogens with one attached hydrogen (secondary N) is 3. The molecule has 1 heterocycles. The lowest BCUT2D eigenvalue weighted by atomic mass is 10.1. The molecule has 0 aliphatic heterocycles. The lowest BCUT2D eigenvalue weighted by Crippen LogP contribution is -2.37. The van der Waals surface area contributed by atoms with Crippen LogP contribution in [0.2, 0.25) is 0 Å². The smallest absolute Gasteiger partial charge is 0.191 e. The quantitative estimate of drug-likeness (QED) is 0.256. The molecule has 0 radical (unpaired) electrons. The fourth-order valence-electron chi connectivity index (χ4n) is 3.07. The first-order valence-electron chi connectivity index (χ1n) is 9.05. The van der Waals surface area contributed by atoms with Gasteiger partial charge in [-0.25, -0.2) is 4.39 Å². The molecule has 0 amide bonds. The zero-order valence-corrected chi connectivity index (χ0v) is 19.0. The first-order chi connectivity index (χ1) is 13.6. The van der Waals surface area contributed by atoms with Gasteiger partial charge in [0.15, 0.2) is 5.96 Å². The van der Waals surface area contributed by atoms with Crippen molar-refractivity contribution in [1.82, 2.24) is 15.6 Å². The zero-order chi connectivity index (χ0) is 19.9. The number of benzene rings is 2. The number of aliphatic imine (C=N–C) groups is 1. The fraction of sp³-hybridized carbons (Fsp3) is 0.286. The molecule has 0 saturated heterocycles. The highest BCUT2D eigenvalue weighted by Crippen LogP contribution is 2.24. The topological polar surface area (TPSA) is 70.7 Å². The molecular formula is C21H26FIN4O2. The van der Waals surface area contributed by atoms with Gasteiger partial charge < -0.3 is 25.1 Å². The van der Waals surface area contributed by atoms with Gasteiger partial charge in [0.1, 0.15) is 17.3 Å². The predicted octanol–water partition coefficient (Wildman–Crippen LogP) is 3.85. The molecule has 3 aromatic rings. The number of guanidine groups is 1. The number of halogens is 2. The Hall–Kier alpha value is -2.49. The van der Waals surface area contributed by atoms with Gasteiger partial charge in [-0.3, -0.25) is 4.99 Å². The highest BCUT2D eigenvalue weighted by molar-refractivity contribution is 14.0. The first-order valence-corrected chi connectivity index (χ1v) is 9.05. The molecule has 0 spiro atoms. The number of hydrogen-bond donors (Lipinski definition) is 3. The van der Waals surface area contributed by atoms with Crippen molar-refractivity contribution >= 4 is 40.8 Å². The lowest BCUT2D eigenvalue weighted by Gasteiger charge is -2.14. The summed E-state index contributed by atoms with van der Waals surface area (Å²) < 4.78 is 24.1. The highest BCUT2D eigenvalue weighted by atomic mass is 127. The van der Waals surface area contributed by atoms with E-state index in [9.17, 15) is 4.39 Å². The van der Waals surface area contributed by atoms with Crippen molar-refractivity contribution in [2.45, 2.75) is 13.0 Å². The third-order valence-electron chi connectivity index (χ3n) is 4.58. The number of rotatable bonds is 7. The van der Waals surface area contributed by atoms with E-state index in [0.717, 1.165) is 39.9 Å². The maximum absolute atomic E-state index is 13.5. The molecule has 0 aliphatic carbocycles. The molecule has 6 nitrogen and oxygen atoms in total. The van der Waals surface area contributed by atoms with E-state index >= 15 is 0 Å². The Morgan fingerprint density at radius 2 is 1.90 bits per heavy atom. The Kier molecular flexibility index (Phi) is 8.56. The van der Waals surface area contributed by atoms with Crippen molar-refractivity contribution in [2.24, 2.45) is 4.99 Å². The van der Waals surface area contributed by atoms with Gasteiger partial charge >= 0.3 is 0 Å². The van der Waals surface area contributed by atoms with Crippen LogP contribution in [-0.4, -0.2) is 38.8 Å². The summed E-state index contributed by atoms with van der Waals surface area (Å²) in [5, 5.41) is 7.47. The van der Waals surface area contributed by atoms with Crippen molar-refractivity contribution in [1.29, 1.82) is 0 Å². The molecule has 0 bridgehead atoms. The van der Waals surface area contributed by atoms with Crippen LogP contribution < -0.4 is 20.1 Å². The standard InChI is InChI=1S/C21H25FN4O2.HI/c1-23-21(26-13-15-4-6-17(27-2)11-20(15)28-3)24-9-8-14-12-25-19-7-5-16(22)10-18(14)19;/h4-7,10-12,25H,8-9,13H2,1-3H3,(H2,23,24,26);1H. The predicted molar refractivity (Wildman–Crippen MR) is 125 cm³/mol. The monoisotopic (exact) mass is 512 g/mol. The fourth-order valence-corrected chi connectivity index (χ4v) is 3.07. The van der Waals surface area contributed by atoms with E-state index in [1.54, 1.807) is 33.4 Å². The van der Waals surface area contributed by atoms with Crippen molar-refractivity contribution in [3.63, 3.8) is 0 Å². The van der Waals surface area contributed by atoms with E-state index < -0.39 is 0 Å². The Morgan fingerprint density at radius 3 is 2.62 bits per heavy atom. The SMILES string of the molecule is CN=C(NCCc1c[nH]c2ccc(F)cc12)NCc1ccc(OC)cc1OC.I. The molecule has 3 rings (SSSR count). The molecule has 0 fully saturated rings. The van der Waals surface area contributed by atoms with Crippen LogP contribution in [0.4, 0.5) is 4.39 Å². The van der Waals surface area contributed by atoms with Gasteiger partial charge in [0, 0.05) is 48.9 Å². The summed E-state index contributed by atoms with van der Waals surface area (Å²) in [6.45, 7) is 1.23. The number of nitrogens with zero attached hydrogens (tertiary/aromatic N) is 1. The number of hydrogen-bond acceptors (Lipinski definition) is 3. The van der Waals surface area contributed by atoms with Gasteiger partial charge in [-0.15, -0.1) is 24.0 Å². The van der Waals surface area contributed by atoms with E-state index in [4.69, 9.17) is 9.47 Å². The van der Waals surface area contributed by atoms with Crippen LogP contribution in [0.5, 0.6) is 11.5 Å². The lowest BCUT2D eigenvalue weighted by molar-refractivity contribution is 0.390. The van der Waals surface area contributed by atoms with Gasteiger partial charge in [-0.1, -0.05) is 0 Å². The number of fused-ring (bicyclic) bond motifs is 1. The molecule has 8 heteroatoms. The van der Waals surface area contributed by atoms with Crippen molar-refractivity contribution in [2.75, 3.05) is 27.8 Å². The van der Waals surface area contributed by atoms with E-state index in [0.29, 0.717) is 19.0 Å². The van der Waals surface area contributed by atoms with Crippen molar-refractivity contribution in [3.05, 3.63) is 59.5 Å². The minimum absolute atomic E-state index is 0. The molecule has 0 atom stereocenters. The molecule has 0 aliphatic rings. The highest BCUT2D eigenvalue weighted by Gasteiger charge is 2.08. The van der Waals surface area contributed by atoms with Gasteiger partial charge in [0.25, 0.3) is 0 Å². The van der Waals surface area contributed by atoms with Gasteiger partial charge in [-0.2, -0.15) is 0 Å². The maximum Gasteiger partial charge on any atom is 0.191 e. The van der Waals surface area contributed by atoms with Crippen LogP contribution in [0.1, 0.15) is 11.1 Å². The third kappa shape index (κ3) is 5.75. The van der Waals surface area contributed by atoms with Crippen molar-refractivity contribution < 1.29 is 13.9 Å². The van der Waals surface area contributed by atoms with Gasteiger partial charge in [0.2, 0.25) is 0 Å². The number of ether oxygens (including phenoxy) is 2. The average Bonchev–Trinajstić information content (AvgIpc) is 3.12. The summed E-state index contributed by atoms with van der Waals surface area (Å²) in [4.78, 5) is 7.42. The largest absolute Gasteiger partial charge is 0.497 e. The molecule has 3 N–H and O–H groups in total. The zero-order valence-electron chi connectivity index (χ0n) is 16.7. The van der Waals surface area contributed by atoms with Crippen LogP contribution in [0, 0.1) is 5.82 Å². The van der Waals surface area contributed by atoms with Crippen LogP contribution in [-0.2, 0) is 13.0 Å². The molecule has 29 heavy (non-hydrogen) atoms. The first kappa shape index (κ1) is 22.8. The van der Waals surface area contributed by atoms with E-state index in [1.807, 2.05) is 24.4 Å². The summed E-state index contributed by atoms with van der Waals surface area (Å²) in [6.07, 6.45) is 2.67. The summed E-state index contributed by atoms with van der Waals surface area (Å²) in [6, 6.07) is 10.5. The Bertz CT molecular complexity index is 974. The second-order valence-electron chi connectivity index (χ2n) is 6.28. The molecule has 2 aromatic carbocycles. The van der Waals surface area contributed by atoms with Crippen LogP contribution >= 0.6 is 24.0 Å². The second kappa shape index (κ2) is 10.9. The third-order valence-corrected chi connectivity index (χ3v) is 4.58. The summed E-state index contributed by atoms with van der Waals surface area (Å²) in [5.41, 5.74) is 3.00. The molecule has 0 unspecified atom stereocenters. The van der Waals surface area contributed by atoms with Gasteiger partial charge in [-0.05, 0) is 42.3 Å². The maximum atomic E-state index is 13.5. The number of aromatic nitrogens is 1.